The van der Waals surface area contributed by atoms with Gasteiger partial charge < -0.3 is 4.57 Å². The third-order valence-corrected chi connectivity index (χ3v) is 6.26. The van der Waals surface area contributed by atoms with E-state index in [0.29, 0.717) is 30.7 Å². The number of alkyl halides is 1. The van der Waals surface area contributed by atoms with Crippen molar-refractivity contribution in [1.29, 1.82) is 0 Å². The van der Waals surface area contributed by atoms with Crippen LogP contribution in [0.3, 0.4) is 0 Å². The van der Waals surface area contributed by atoms with Gasteiger partial charge in [0.25, 0.3) is 0 Å². The molecule has 108 valence electrons. The molecule has 0 N–H and O–H groups in total. The number of hydrogen-bond donors (Lipinski definition) is 0. The number of imidazole rings is 1. The molecule has 0 radical (unpaired) electrons. The number of rotatable bonds is 3. The van der Waals surface area contributed by atoms with Crippen molar-refractivity contribution in [2.75, 3.05) is 5.75 Å². The Balaban J connectivity index is 2.06. The molecule has 0 bridgehead atoms. The number of hydrogen-bond acceptors (Lipinski definition) is 3. The summed E-state index contributed by atoms with van der Waals surface area (Å²) in [5.74, 6) is 0.629. The molecule has 0 amide bonds. The van der Waals surface area contributed by atoms with E-state index in [1.165, 1.54) is 12.1 Å². The summed E-state index contributed by atoms with van der Waals surface area (Å²) in [6.45, 7) is 0.340. The van der Waals surface area contributed by atoms with Crippen LogP contribution >= 0.6 is 11.6 Å². The first-order valence-corrected chi connectivity index (χ1v) is 8.68. The van der Waals surface area contributed by atoms with Gasteiger partial charge in [-0.2, -0.15) is 0 Å². The van der Waals surface area contributed by atoms with Gasteiger partial charge in [-0.05, 0) is 25.0 Å². The Bertz CT molecular complexity index is 757. The summed E-state index contributed by atoms with van der Waals surface area (Å²) in [5.41, 5.74) is 1.24. The highest BCUT2D eigenvalue weighted by molar-refractivity contribution is 7.92. The number of sulfone groups is 1. The van der Waals surface area contributed by atoms with Crippen molar-refractivity contribution in [3.05, 3.63) is 29.8 Å². The molecule has 1 saturated heterocycles. The molecule has 1 fully saturated rings. The van der Waals surface area contributed by atoms with Crippen LogP contribution in [0.15, 0.2) is 18.2 Å². The molecule has 1 atom stereocenters. The Morgan fingerprint density at radius 2 is 2.25 bits per heavy atom. The Morgan fingerprint density at radius 1 is 1.45 bits per heavy atom. The van der Waals surface area contributed by atoms with E-state index in [2.05, 4.69) is 4.98 Å². The van der Waals surface area contributed by atoms with E-state index >= 15 is 0 Å². The van der Waals surface area contributed by atoms with Crippen LogP contribution in [-0.4, -0.2) is 29.0 Å². The molecule has 0 saturated carbocycles. The van der Waals surface area contributed by atoms with Gasteiger partial charge in [0.15, 0.2) is 9.84 Å². The molecule has 20 heavy (non-hydrogen) atoms. The van der Waals surface area contributed by atoms with Crippen molar-refractivity contribution < 1.29 is 12.8 Å². The van der Waals surface area contributed by atoms with Crippen LogP contribution in [0.2, 0.25) is 0 Å². The SMILES string of the molecule is O=S1(=O)CCCC1Cn1c(CCl)nc2cc(F)ccc21. The normalized spacial score (nSPS) is 21.6. The third kappa shape index (κ3) is 2.31. The molecular weight excluding hydrogens is 303 g/mol. The van der Waals surface area contributed by atoms with Crippen LogP contribution in [0.1, 0.15) is 18.7 Å². The molecule has 3 rings (SSSR count). The standard InChI is InChI=1S/C13H14ClFN2O2S/c14-7-13-16-11-6-9(15)3-4-12(11)17(13)8-10-2-1-5-20(10,18)19/h3-4,6,10H,1-2,5,7-8H2. The van der Waals surface area contributed by atoms with Crippen LogP contribution in [0.25, 0.3) is 11.0 Å². The number of fused-ring (bicyclic) bond motifs is 1. The van der Waals surface area contributed by atoms with Crippen LogP contribution in [-0.2, 0) is 22.3 Å². The van der Waals surface area contributed by atoms with Crippen LogP contribution in [0.5, 0.6) is 0 Å². The van der Waals surface area contributed by atoms with Gasteiger partial charge >= 0.3 is 0 Å². The Hall–Kier alpha value is -1.14. The fraction of sp³-hybridized carbons (Fsp3) is 0.462. The summed E-state index contributed by atoms with van der Waals surface area (Å²) in [6.07, 6.45) is 1.36. The van der Waals surface area contributed by atoms with Gasteiger partial charge in [0, 0.05) is 12.6 Å². The molecule has 2 heterocycles. The fourth-order valence-corrected chi connectivity index (χ4v) is 4.73. The van der Waals surface area contributed by atoms with E-state index in [1.807, 2.05) is 0 Å². The van der Waals surface area contributed by atoms with Crippen LogP contribution < -0.4 is 0 Å². The van der Waals surface area contributed by atoms with E-state index in [4.69, 9.17) is 11.6 Å². The second-order valence-electron chi connectivity index (χ2n) is 5.04. The first kappa shape index (κ1) is 13.8. The van der Waals surface area contributed by atoms with E-state index in [9.17, 15) is 12.8 Å². The summed E-state index contributed by atoms with van der Waals surface area (Å²) in [6, 6.07) is 4.31. The maximum absolute atomic E-state index is 13.2. The minimum absolute atomic E-state index is 0.170. The zero-order valence-corrected chi connectivity index (χ0v) is 12.3. The summed E-state index contributed by atoms with van der Waals surface area (Å²) in [7, 11) is -3.03. The molecule has 2 aromatic rings. The number of halogens is 2. The lowest BCUT2D eigenvalue weighted by Gasteiger charge is -2.13. The molecule has 1 aliphatic rings. The molecule has 1 aliphatic heterocycles. The van der Waals surface area contributed by atoms with Crippen LogP contribution in [0, 0.1) is 5.82 Å². The maximum Gasteiger partial charge on any atom is 0.154 e. The first-order valence-electron chi connectivity index (χ1n) is 6.43. The van der Waals surface area contributed by atoms with Crippen molar-refractivity contribution in [3.63, 3.8) is 0 Å². The zero-order valence-electron chi connectivity index (χ0n) is 10.7. The number of benzene rings is 1. The minimum Gasteiger partial charge on any atom is -0.326 e. The van der Waals surface area contributed by atoms with Gasteiger partial charge in [-0.3, -0.25) is 0 Å². The zero-order chi connectivity index (χ0) is 14.3. The van der Waals surface area contributed by atoms with Gasteiger partial charge in [0.2, 0.25) is 0 Å². The van der Waals surface area contributed by atoms with Crippen LogP contribution in [0.4, 0.5) is 4.39 Å². The second kappa shape index (κ2) is 5.00. The lowest BCUT2D eigenvalue weighted by Crippen LogP contribution is -2.23. The Labute approximate surface area is 121 Å². The Morgan fingerprint density at radius 3 is 2.90 bits per heavy atom. The summed E-state index contributed by atoms with van der Waals surface area (Å²) in [4.78, 5) is 4.28. The Kier molecular flexibility index (Phi) is 3.46. The average Bonchev–Trinajstić information content (AvgIpc) is 2.90. The highest BCUT2D eigenvalue weighted by Gasteiger charge is 2.32. The molecule has 1 aromatic carbocycles. The van der Waals surface area contributed by atoms with E-state index in [0.717, 1.165) is 5.52 Å². The number of aromatic nitrogens is 2. The van der Waals surface area contributed by atoms with Gasteiger partial charge in [0.1, 0.15) is 11.6 Å². The summed E-state index contributed by atoms with van der Waals surface area (Å²) < 4.78 is 38.9. The lowest BCUT2D eigenvalue weighted by molar-refractivity contribution is 0.565. The fourth-order valence-electron chi connectivity index (χ4n) is 2.73. The third-order valence-electron chi connectivity index (χ3n) is 3.76. The predicted octanol–water partition coefficient (Wildman–Crippen LogP) is 2.49. The van der Waals surface area contributed by atoms with Gasteiger partial charge in [-0.15, -0.1) is 11.6 Å². The smallest absolute Gasteiger partial charge is 0.154 e. The average molecular weight is 317 g/mol. The van der Waals surface area contributed by atoms with E-state index in [1.54, 1.807) is 10.6 Å². The van der Waals surface area contributed by atoms with E-state index < -0.39 is 15.1 Å². The highest BCUT2D eigenvalue weighted by atomic mass is 35.5. The molecule has 4 nitrogen and oxygen atoms in total. The largest absolute Gasteiger partial charge is 0.326 e. The molecule has 0 spiro atoms. The maximum atomic E-state index is 13.2. The second-order valence-corrected chi connectivity index (χ2v) is 7.70. The van der Waals surface area contributed by atoms with Gasteiger partial charge in [-0.1, -0.05) is 0 Å². The van der Waals surface area contributed by atoms with Crippen molar-refractivity contribution >= 4 is 32.5 Å². The number of nitrogens with zero attached hydrogens (tertiary/aromatic N) is 2. The highest BCUT2D eigenvalue weighted by Crippen LogP contribution is 2.25. The van der Waals surface area contributed by atoms with Crippen molar-refractivity contribution in [1.82, 2.24) is 9.55 Å². The topological polar surface area (TPSA) is 52.0 Å². The van der Waals surface area contributed by atoms with Gasteiger partial charge in [0.05, 0.1) is 27.9 Å². The van der Waals surface area contributed by atoms with Crippen molar-refractivity contribution in [2.45, 2.75) is 30.5 Å². The predicted molar refractivity (Wildman–Crippen MR) is 76.1 cm³/mol. The quantitative estimate of drug-likeness (QED) is 0.818. The van der Waals surface area contributed by atoms with Crippen molar-refractivity contribution in [2.24, 2.45) is 0 Å². The monoisotopic (exact) mass is 316 g/mol. The summed E-state index contributed by atoms with van der Waals surface area (Å²) >= 11 is 5.87. The molecule has 0 aliphatic carbocycles. The molecule has 7 heteroatoms. The minimum atomic E-state index is -3.03. The molecule has 1 aromatic heterocycles. The van der Waals surface area contributed by atoms with Gasteiger partial charge in [-0.25, -0.2) is 17.8 Å². The van der Waals surface area contributed by atoms with E-state index in [-0.39, 0.29) is 17.5 Å². The molecular formula is C13H14ClFN2O2S. The summed E-state index contributed by atoms with van der Waals surface area (Å²) in [5, 5.41) is -0.396. The van der Waals surface area contributed by atoms with Crippen molar-refractivity contribution in [3.8, 4) is 0 Å². The lowest BCUT2D eigenvalue weighted by atomic mass is 10.2. The first-order chi connectivity index (χ1) is 9.51. The molecule has 1 unspecified atom stereocenters.